The summed E-state index contributed by atoms with van der Waals surface area (Å²) in [6, 6.07) is 2.99. The van der Waals surface area contributed by atoms with E-state index < -0.39 is 5.41 Å². The highest BCUT2D eigenvalue weighted by Crippen LogP contribution is 2.43. The molecule has 4 heteroatoms. The largest absolute Gasteiger partial charge is 0.508 e. The molecule has 0 spiro atoms. The Kier molecular flexibility index (Phi) is 2.39. The third-order valence-corrected chi connectivity index (χ3v) is 2.89. The summed E-state index contributed by atoms with van der Waals surface area (Å²) in [6.45, 7) is 3.52. The third kappa shape index (κ3) is 1.55. The number of aromatic hydroxyl groups is 1. The topological polar surface area (TPSA) is 66.8 Å². The zero-order chi connectivity index (χ0) is 11.9. The molecular weight excluding hydrogens is 208 g/mol. The molecule has 0 saturated carbocycles. The lowest BCUT2D eigenvalue weighted by molar-refractivity contribution is -0.137. The molecule has 2 N–H and O–H groups in total. The van der Waals surface area contributed by atoms with Crippen LogP contribution in [0.15, 0.2) is 12.1 Å². The van der Waals surface area contributed by atoms with Gasteiger partial charge >= 0.3 is 5.97 Å². The van der Waals surface area contributed by atoms with Crippen molar-refractivity contribution in [2.45, 2.75) is 32.3 Å². The maximum absolute atomic E-state index is 11.4. The van der Waals surface area contributed by atoms with Crippen LogP contribution in [0.3, 0.4) is 0 Å². The van der Waals surface area contributed by atoms with E-state index in [2.05, 4.69) is 0 Å². The minimum Gasteiger partial charge on any atom is -0.508 e. The highest BCUT2D eigenvalue weighted by molar-refractivity contribution is 5.78. The van der Waals surface area contributed by atoms with Crippen molar-refractivity contribution in [1.82, 2.24) is 0 Å². The molecule has 0 saturated heterocycles. The summed E-state index contributed by atoms with van der Waals surface area (Å²) in [5, 5.41) is 18.9. The third-order valence-electron chi connectivity index (χ3n) is 2.89. The fourth-order valence-electron chi connectivity index (χ4n) is 2.21. The lowest BCUT2D eigenvalue weighted by Crippen LogP contribution is -2.32. The van der Waals surface area contributed by atoms with E-state index in [9.17, 15) is 15.0 Å². The maximum Gasteiger partial charge on any atom is 0.312 e. The standard InChI is InChI=1S/C12H14O4/c1-12(2)5-10(15)16-9-4-3-8(14)7(6-13)11(9)12/h3-4,13-14H,5-6H2,1-2H3. The number of esters is 1. The van der Waals surface area contributed by atoms with Crippen LogP contribution in [-0.2, 0) is 16.8 Å². The van der Waals surface area contributed by atoms with E-state index in [0.29, 0.717) is 11.3 Å². The molecule has 0 aliphatic carbocycles. The van der Waals surface area contributed by atoms with Crippen LogP contribution in [0.1, 0.15) is 31.4 Å². The highest BCUT2D eigenvalue weighted by Gasteiger charge is 2.36. The van der Waals surface area contributed by atoms with Crippen molar-refractivity contribution >= 4 is 5.97 Å². The van der Waals surface area contributed by atoms with E-state index in [0.717, 1.165) is 5.56 Å². The normalized spacial score (nSPS) is 17.8. The van der Waals surface area contributed by atoms with Gasteiger partial charge in [-0.2, -0.15) is 0 Å². The Hall–Kier alpha value is -1.55. The smallest absolute Gasteiger partial charge is 0.312 e. The summed E-state index contributed by atoms with van der Waals surface area (Å²) < 4.78 is 5.10. The van der Waals surface area contributed by atoms with Gasteiger partial charge in [0.1, 0.15) is 11.5 Å². The Morgan fingerprint density at radius 1 is 1.44 bits per heavy atom. The van der Waals surface area contributed by atoms with Gasteiger partial charge in [-0.25, -0.2) is 0 Å². The van der Waals surface area contributed by atoms with Gasteiger partial charge in [-0.3, -0.25) is 4.79 Å². The average molecular weight is 222 g/mol. The average Bonchev–Trinajstić information content (AvgIpc) is 2.17. The predicted octanol–water partition coefficient (Wildman–Crippen LogP) is 1.47. The van der Waals surface area contributed by atoms with Gasteiger partial charge in [0.15, 0.2) is 0 Å². The lowest BCUT2D eigenvalue weighted by Gasteiger charge is -2.32. The van der Waals surface area contributed by atoms with Crippen molar-refractivity contribution in [3.63, 3.8) is 0 Å². The van der Waals surface area contributed by atoms with Crippen LogP contribution in [0, 0.1) is 0 Å². The molecule has 1 aliphatic heterocycles. The van der Waals surface area contributed by atoms with Crippen LogP contribution in [0.5, 0.6) is 11.5 Å². The molecule has 0 atom stereocenters. The van der Waals surface area contributed by atoms with Crippen molar-refractivity contribution in [3.05, 3.63) is 23.3 Å². The van der Waals surface area contributed by atoms with Crippen LogP contribution < -0.4 is 4.74 Å². The molecule has 0 amide bonds. The number of aliphatic hydroxyl groups excluding tert-OH is 1. The van der Waals surface area contributed by atoms with Gasteiger partial charge in [-0.15, -0.1) is 0 Å². The Balaban J connectivity index is 2.69. The fraction of sp³-hybridized carbons (Fsp3) is 0.417. The van der Waals surface area contributed by atoms with Crippen LogP contribution in [0.4, 0.5) is 0 Å². The van der Waals surface area contributed by atoms with Gasteiger partial charge in [-0.05, 0) is 12.1 Å². The van der Waals surface area contributed by atoms with Gasteiger partial charge in [0.2, 0.25) is 0 Å². The molecule has 2 rings (SSSR count). The van der Waals surface area contributed by atoms with E-state index in [4.69, 9.17) is 4.74 Å². The second kappa shape index (κ2) is 3.49. The number of ether oxygens (including phenoxy) is 1. The van der Waals surface area contributed by atoms with Gasteiger partial charge in [0, 0.05) is 16.5 Å². The van der Waals surface area contributed by atoms with Crippen LogP contribution >= 0.6 is 0 Å². The van der Waals surface area contributed by atoms with E-state index >= 15 is 0 Å². The first-order valence-corrected chi connectivity index (χ1v) is 5.12. The summed E-state index contributed by atoms with van der Waals surface area (Å²) in [6.07, 6.45) is 0.246. The van der Waals surface area contributed by atoms with Crippen molar-refractivity contribution < 1.29 is 19.7 Å². The number of carbonyl (C=O) groups excluding carboxylic acids is 1. The van der Waals surface area contributed by atoms with Crippen LogP contribution in [-0.4, -0.2) is 16.2 Å². The molecule has 1 aromatic carbocycles. The number of phenols is 1. The van der Waals surface area contributed by atoms with E-state index in [1.807, 2.05) is 13.8 Å². The second-order valence-electron chi connectivity index (χ2n) is 4.63. The number of benzene rings is 1. The molecule has 16 heavy (non-hydrogen) atoms. The molecule has 0 aromatic heterocycles. The van der Waals surface area contributed by atoms with E-state index in [1.165, 1.54) is 6.07 Å². The van der Waals surface area contributed by atoms with Crippen molar-refractivity contribution in [1.29, 1.82) is 0 Å². The molecule has 0 unspecified atom stereocenters. The minimum atomic E-state index is -0.429. The van der Waals surface area contributed by atoms with Crippen molar-refractivity contribution in [2.75, 3.05) is 0 Å². The van der Waals surface area contributed by atoms with Gasteiger partial charge in [0.05, 0.1) is 13.0 Å². The maximum atomic E-state index is 11.4. The van der Waals surface area contributed by atoms with Gasteiger partial charge in [-0.1, -0.05) is 13.8 Å². The second-order valence-corrected chi connectivity index (χ2v) is 4.63. The Labute approximate surface area is 93.5 Å². The number of rotatable bonds is 1. The number of carbonyl (C=O) groups is 1. The Bertz CT molecular complexity index is 449. The molecule has 0 fully saturated rings. The molecule has 1 aromatic rings. The summed E-state index contributed by atoms with van der Waals surface area (Å²) in [4.78, 5) is 11.4. The summed E-state index contributed by atoms with van der Waals surface area (Å²) >= 11 is 0. The zero-order valence-electron chi connectivity index (χ0n) is 9.28. The van der Waals surface area contributed by atoms with Crippen LogP contribution in [0.25, 0.3) is 0 Å². The summed E-state index contributed by atoms with van der Waals surface area (Å²) in [5.74, 6) is 0.183. The molecular formula is C12H14O4. The zero-order valence-corrected chi connectivity index (χ0v) is 9.28. The van der Waals surface area contributed by atoms with Crippen molar-refractivity contribution in [3.8, 4) is 11.5 Å². The molecule has 4 nitrogen and oxygen atoms in total. The van der Waals surface area contributed by atoms with Gasteiger partial charge < -0.3 is 14.9 Å². The number of aliphatic hydroxyl groups is 1. The molecule has 1 heterocycles. The Morgan fingerprint density at radius 3 is 2.75 bits per heavy atom. The predicted molar refractivity (Wildman–Crippen MR) is 57.3 cm³/mol. The van der Waals surface area contributed by atoms with E-state index in [1.54, 1.807) is 6.07 Å². The molecule has 86 valence electrons. The number of hydrogen-bond acceptors (Lipinski definition) is 4. The molecule has 1 aliphatic rings. The van der Waals surface area contributed by atoms with E-state index in [-0.39, 0.29) is 24.7 Å². The first-order chi connectivity index (χ1) is 7.45. The minimum absolute atomic E-state index is 0.0345. The lowest BCUT2D eigenvalue weighted by atomic mass is 9.77. The first kappa shape index (κ1) is 11.0. The molecule has 0 bridgehead atoms. The highest BCUT2D eigenvalue weighted by atomic mass is 16.5. The Morgan fingerprint density at radius 2 is 2.12 bits per heavy atom. The summed E-state index contributed by atoms with van der Waals surface area (Å²) in [5.41, 5.74) is 0.728. The number of hydrogen-bond donors (Lipinski definition) is 2. The first-order valence-electron chi connectivity index (χ1n) is 5.12. The fourth-order valence-corrected chi connectivity index (χ4v) is 2.21. The summed E-state index contributed by atoms with van der Waals surface area (Å²) in [7, 11) is 0. The van der Waals surface area contributed by atoms with Crippen molar-refractivity contribution in [2.24, 2.45) is 0 Å². The number of fused-ring (bicyclic) bond motifs is 1. The van der Waals surface area contributed by atoms with Gasteiger partial charge in [0.25, 0.3) is 0 Å². The monoisotopic (exact) mass is 222 g/mol. The van der Waals surface area contributed by atoms with Crippen LogP contribution in [0.2, 0.25) is 0 Å². The SMILES string of the molecule is CC1(C)CC(=O)Oc2ccc(O)c(CO)c21. The molecule has 0 radical (unpaired) electrons. The quantitative estimate of drug-likeness (QED) is 0.557.